The van der Waals surface area contributed by atoms with E-state index in [1.165, 1.54) is 23.3 Å². The predicted molar refractivity (Wildman–Crippen MR) is 86.3 cm³/mol. The summed E-state index contributed by atoms with van der Waals surface area (Å²) in [7, 11) is 0. The van der Waals surface area contributed by atoms with E-state index < -0.39 is 0 Å². The topological polar surface area (TPSA) is 32.3 Å². The molecule has 2 nitrogen and oxygen atoms in total. The first kappa shape index (κ1) is 14.4. The second-order valence-corrected chi connectivity index (χ2v) is 6.54. The molecular formula is C17H17BrFNO. The minimum absolute atomic E-state index is 0.00648. The first-order valence-electron chi connectivity index (χ1n) is 7.01. The largest absolute Gasteiger partial charge is 0.508 e. The molecule has 2 aromatic carbocycles. The van der Waals surface area contributed by atoms with Gasteiger partial charge in [-0.1, -0.05) is 13.0 Å². The van der Waals surface area contributed by atoms with Crippen LogP contribution in [0.2, 0.25) is 0 Å². The zero-order chi connectivity index (χ0) is 15.1. The van der Waals surface area contributed by atoms with Gasteiger partial charge < -0.3 is 10.4 Å². The zero-order valence-corrected chi connectivity index (χ0v) is 13.5. The molecule has 2 N–H and O–H groups in total. The van der Waals surface area contributed by atoms with Gasteiger partial charge in [0.25, 0.3) is 0 Å². The van der Waals surface area contributed by atoms with E-state index in [1.54, 1.807) is 12.1 Å². The van der Waals surface area contributed by atoms with E-state index in [4.69, 9.17) is 0 Å². The van der Waals surface area contributed by atoms with Gasteiger partial charge in [0.2, 0.25) is 0 Å². The van der Waals surface area contributed by atoms with E-state index in [9.17, 15) is 9.50 Å². The van der Waals surface area contributed by atoms with Gasteiger partial charge in [-0.3, -0.25) is 0 Å². The fourth-order valence-electron chi connectivity index (χ4n) is 3.27. The van der Waals surface area contributed by atoms with Gasteiger partial charge in [-0.2, -0.15) is 0 Å². The van der Waals surface area contributed by atoms with Crippen LogP contribution in [0.5, 0.6) is 5.75 Å². The standard InChI is InChI=1S/C17H17BrFNO/c1-9-3-6-15(21)17-14(7-10(2)16(9)17)20-13-8-11(19)4-5-12(13)18/h3-6,8,10,14,20-21H,7H2,1-2H3. The lowest BCUT2D eigenvalue weighted by molar-refractivity contribution is 0.465. The van der Waals surface area contributed by atoms with Crippen LogP contribution in [0.1, 0.15) is 42.0 Å². The van der Waals surface area contributed by atoms with Crippen molar-refractivity contribution in [2.75, 3.05) is 5.32 Å². The van der Waals surface area contributed by atoms with Gasteiger partial charge in [0.1, 0.15) is 11.6 Å². The Bertz CT molecular complexity index is 701. The minimum atomic E-state index is -0.277. The summed E-state index contributed by atoms with van der Waals surface area (Å²) in [5.74, 6) is 0.405. The second-order valence-electron chi connectivity index (χ2n) is 5.69. The fourth-order valence-corrected chi connectivity index (χ4v) is 3.63. The lowest BCUT2D eigenvalue weighted by Crippen LogP contribution is -2.08. The van der Waals surface area contributed by atoms with Gasteiger partial charge >= 0.3 is 0 Å². The Morgan fingerprint density at radius 2 is 2.00 bits per heavy atom. The molecule has 0 radical (unpaired) electrons. The third-order valence-corrected chi connectivity index (χ3v) is 4.86. The maximum Gasteiger partial charge on any atom is 0.125 e. The summed E-state index contributed by atoms with van der Waals surface area (Å²) in [5, 5.41) is 13.6. The van der Waals surface area contributed by atoms with E-state index in [2.05, 4.69) is 35.1 Å². The monoisotopic (exact) mass is 349 g/mol. The molecule has 2 unspecified atom stereocenters. The Balaban J connectivity index is 2.00. The predicted octanol–water partition coefficient (Wildman–Crippen LogP) is 5.26. The van der Waals surface area contributed by atoms with Crippen molar-refractivity contribution >= 4 is 21.6 Å². The molecule has 3 rings (SSSR count). The second kappa shape index (κ2) is 5.34. The van der Waals surface area contributed by atoms with Crippen LogP contribution in [0.4, 0.5) is 10.1 Å². The van der Waals surface area contributed by atoms with Crippen LogP contribution >= 0.6 is 15.9 Å². The number of nitrogens with one attached hydrogen (secondary N) is 1. The van der Waals surface area contributed by atoms with Crippen molar-refractivity contribution in [2.24, 2.45) is 0 Å². The number of aromatic hydroxyl groups is 1. The summed E-state index contributed by atoms with van der Waals surface area (Å²) in [6, 6.07) is 8.26. The highest BCUT2D eigenvalue weighted by molar-refractivity contribution is 9.10. The van der Waals surface area contributed by atoms with Crippen LogP contribution < -0.4 is 5.32 Å². The molecule has 0 heterocycles. The van der Waals surface area contributed by atoms with Crippen molar-refractivity contribution in [3.63, 3.8) is 0 Å². The Hall–Kier alpha value is -1.55. The number of hydrogen-bond acceptors (Lipinski definition) is 2. The first-order chi connectivity index (χ1) is 9.97. The number of halogens is 2. The molecule has 0 saturated carbocycles. The summed E-state index contributed by atoms with van der Waals surface area (Å²) in [6.07, 6.45) is 0.886. The zero-order valence-electron chi connectivity index (χ0n) is 12.0. The van der Waals surface area contributed by atoms with Crippen molar-refractivity contribution in [1.82, 2.24) is 0 Å². The van der Waals surface area contributed by atoms with E-state index in [0.29, 0.717) is 17.4 Å². The summed E-state index contributed by atoms with van der Waals surface area (Å²) in [6.45, 7) is 4.23. The van der Waals surface area contributed by atoms with E-state index >= 15 is 0 Å². The smallest absolute Gasteiger partial charge is 0.125 e. The molecule has 0 fully saturated rings. The normalized spacial score (nSPS) is 20.4. The molecule has 0 aliphatic heterocycles. The fraction of sp³-hybridized carbons (Fsp3) is 0.294. The van der Waals surface area contributed by atoms with Crippen LogP contribution in [0.15, 0.2) is 34.8 Å². The number of anilines is 1. The van der Waals surface area contributed by atoms with Crippen LogP contribution in [-0.4, -0.2) is 5.11 Å². The molecule has 2 atom stereocenters. The SMILES string of the molecule is Cc1ccc(O)c2c1C(C)CC2Nc1cc(F)ccc1Br. The van der Waals surface area contributed by atoms with E-state index in [-0.39, 0.29) is 11.9 Å². The molecule has 0 spiro atoms. The molecule has 4 heteroatoms. The maximum atomic E-state index is 13.4. The average Bonchev–Trinajstić information content (AvgIpc) is 2.76. The van der Waals surface area contributed by atoms with Crippen LogP contribution in [0.3, 0.4) is 0 Å². The van der Waals surface area contributed by atoms with Crippen molar-refractivity contribution in [1.29, 1.82) is 0 Å². The molecule has 1 aliphatic rings. The van der Waals surface area contributed by atoms with Gasteiger partial charge in [0.05, 0.1) is 11.7 Å². The highest BCUT2D eigenvalue weighted by Gasteiger charge is 2.32. The Morgan fingerprint density at radius 1 is 1.24 bits per heavy atom. The number of benzene rings is 2. The highest BCUT2D eigenvalue weighted by Crippen LogP contribution is 2.47. The molecule has 1 aliphatic carbocycles. The first-order valence-corrected chi connectivity index (χ1v) is 7.80. The Labute approximate surface area is 132 Å². The molecule has 0 amide bonds. The summed E-state index contributed by atoms with van der Waals surface area (Å²) in [4.78, 5) is 0. The Morgan fingerprint density at radius 3 is 2.76 bits per heavy atom. The number of phenolic OH excluding ortho intramolecular Hbond substituents is 1. The van der Waals surface area contributed by atoms with Crippen molar-refractivity contribution < 1.29 is 9.50 Å². The molecule has 21 heavy (non-hydrogen) atoms. The van der Waals surface area contributed by atoms with Gasteiger partial charge in [-0.15, -0.1) is 0 Å². The van der Waals surface area contributed by atoms with Gasteiger partial charge in [-0.25, -0.2) is 4.39 Å². The van der Waals surface area contributed by atoms with E-state index in [0.717, 1.165) is 16.5 Å². The van der Waals surface area contributed by atoms with Crippen molar-refractivity contribution in [2.45, 2.75) is 32.2 Å². The number of hydrogen-bond donors (Lipinski definition) is 2. The van der Waals surface area contributed by atoms with Crippen LogP contribution in [0, 0.1) is 12.7 Å². The highest BCUT2D eigenvalue weighted by atomic mass is 79.9. The van der Waals surface area contributed by atoms with Crippen molar-refractivity contribution in [3.8, 4) is 5.75 Å². The minimum Gasteiger partial charge on any atom is -0.508 e. The maximum absolute atomic E-state index is 13.4. The van der Waals surface area contributed by atoms with Gasteiger partial charge in [-0.05, 0) is 70.6 Å². The lowest BCUT2D eigenvalue weighted by Gasteiger charge is -2.18. The number of phenols is 1. The molecule has 0 bridgehead atoms. The number of rotatable bonds is 2. The van der Waals surface area contributed by atoms with Gasteiger partial charge in [0.15, 0.2) is 0 Å². The summed E-state index contributed by atoms with van der Waals surface area (Å²) < 4.78 is 14.2. The molecule has 0 saturated heterocycles. The molecule has 110 valence electrons. The number of fused-ring (bicyclic) bond motifs is 1. The molecule has 0 aromatic heterocycles. The summed E-state index contributed by atoms with van der Waals surface area (Å²) in [5.41, 5.74) is 4.05. The van der Waals surface area contributed by atoms with Gasteiger partial charge in [0, 0.05) is 10.0 Å². The summed E-state index contributed by atoms with van der Waals surface area (Å²) >= 11 is 3.43. The molecular weight excluding hydrogens is 333 g/mol. The van der Waals surface area contributed by atoms with E-state index in [1.807, 2.05) is 6.07 Å². The third-order valence-electron chi connectivity index (χ3n) is 4.17. The molecule has 2 aromatic rings. The van der Waals surface area contributed by atoms with Crippen LogP contribution in [-0.2, 0) is 0 Å². The lowest BCUT2D eigenvalue weighted by atomic mass is 9.97. The average molecular weight is 350 g/mol. The van der Waals surface area contributed by atoms with Crippen LogP contribution in [0.25, 0.3) is 0 Å². The Kier molecular flexibility index (Phi) is 3.66. The third kappa shape index (κ3) is 2.53. The van der Waals surface area contributed by atoms with Crippen molar-refractivity contribution in [3.05, 3.63) is 57.3 Å². The quantitative estimate of drug-likeness (QED) is 0.774. The number of aryl methyl sites for hydroxylation is 1.